The first-order valence-electron chi connectivity index (χ1n) is 10.9. The second-order valence-corrected chi connectivity index (χ2v) is 9.32. The number of ether oxygens (including phenoxy) is 1. The van der Waals surface area contributed by atoms with Gasteiger partial charge in [0, 0.05) is 18.1 Å². The molecule has 166 valence electrons. The summed E-state index contributed by atoms with van der Waals surface area (Å²) in [5, 5.41) is 0.666. The van der Waals surface area contributed by atoms with Crippen LogP contribution in [0.2, 0.25) is 5.02 Å². The van der Waals surface area contributed by atoms with Gasteiger partial charge in [-0.1, -0.05) is 48.0 Å². The standard InChI is InChI=1S/C25H25ClN2O4/c1-27-22(29)19-20(23(27)30)25(24(31)32-2)12-3-4-13-28(25)21(19)16-10-8-15(9-11-16)17-6-5-7-18(26)14-17/h5-11,14,19-21H,3-4,12-13H2,1-2H3/t19-,20-,21+,25-/m0/s1. The summed E-state index contributed by atoms with van der Waals surface area (Å²) in [5.41, 5.74) is 1.84. The smallest absolute Gasteiger partial charge is 0.327 e. The maximum absolute atomic E-state index is 13.2. The second-order valence-electron chi connectivity index (χ2n) is 8.88. The van der Waals surface area contributed by atoms with E-state index in [0.717, 1.165) is 29.5 Å². The van der Waals surface area contributed by atoms with Crippen LogP contribution in [0.3, 0.4) is 0 Å². The van der Waals surface area contributed by atoms with Crippen molar-refractivity contribution < 1.29 is 19.1 Å². The van der Waals surface area contributed by atoms with Gasteiger partial charge in [-0.2, -0.15) is 0 Å². The van der Waals surface area contributed by atoms with E-state index in [4.69, 9.17) is 16.3 Å². The molecule has 5 rings (SSSR count). The van der Waals surface area contributed by atoms with E-state index in [1.807, 2.05) is 48.5 Å². The Morgan fingerprint density at radius 1 is 1.06 bits per heavy atom. The third-order valence-corrected chi connectivity index (χ3v) is 7.67. The Morgan fingerprint density at radius 3 is 2.50 bits per heavy atom. The number of imide groups is 1. The summed E-state index contributed by atoms with van der Waals surface area (Å²) in [7, 11) is 2.87. The molecule has 2 aromatic rings. The van der Waals surface area contributed by atoms with E-state index in [-0.39, 0.29) is 17.9 Å². The van der Waals surface area contributed by atoms with Crippen LogP contribution in [0.15, 0.2) is 48.5 Å². The molecule has 3 aliphatic rings. The van der Waals surface area contributed by atoms with Crippen LogP contribution in [0, 0.1) is 11.8 Å². The van der Waals surface area contributed by atoms with Crippen LogP contribution in [0.5, 0.6) is 0 Å². The number of methoxy groups -OCH3 is 1. The number of carbonyl (C=O) groups is 3. The van der Waals surface area contributed by atoms with Gasteiger partial charge < -0.3 is 4.74 Å². The first kappa shape index (κ1) is 21.2. The fraction of sp³-hybridized carbons (Fsp3) is 0.400. The lowest BCUT2D eigenvalue weighted by atomic mass is 9.75. The maximum Gasteiger partial charge on any atom is 0.327 e. The molecule has 4 atom stereocenters. The highest BCUT2D eigenvalue weighted by Gasteiger charge is 2.72. The summed E-state index contributed by atoms with van der Waals surface area (Å²) in [6, 6.07) is 15.3. The number of hydrogen-bond acceptors (Lipinski definition) is 5. The van der Waals surface area contributed by atoms with Gasteiger partial charge in [0.15, 0.2) is 0 Å². The van der Waals surface area contributed by atoms with Crippen molar-refractivity contribution in [2.45, 2.75) is 30.8 Å². The molecule has 0 bridgehead atoms. The predicted molar refractivity (Wildman–Crippen MR) is 120 cm³/mol. The Morgan fingerprint density at radius 2 is 1.81 bits per heavy atom. The van der Waals surface area contributed by atoms with Crippen molar-refractivity contribution in [3.05, 3.63) is 59.1 Å². The van der Waals surface area contributed by atoms with Crippen LogP contribution in [0.25, 0.3) is 11.1 Å². The fourth-order valence-corrected chi connectivity index (χ4v) is 6.23. The molecular weight excluding hydrogens is 428 g/mol. The molecule has 3 fully saturated rings. The Bertz CT molecular complexity index is 1100. The quantitative estimate of drug-likeness (QED) is 0.525. The highest BCUT2D eigenvalue weighted by Crippen LogP contribution is 2.58. The highest BCUT2D eigenvalue weighted by molar-refractivity contribution is 6.30. The summed E-state index contributed by atoms with van der Waals surface area (Å²) in [5.74, 6) is -2.23. The van der Waals surface area contributed by atoms with Crippen molar-refractivity contribution in [1.29, 1.82) is 0 Å². The van der Waals surface area contributed by atoms with Crippen molar-refractivity contribution in [2.75, 3.05) is 20.7 Å². The summed E-state index contributed by atoms with van der Waals surface area (Å²) in [6.07, 6.45) is 2.25. The lowest BCUT2D eigenvalue weighted by Crippen LogP contribution is -2.59. The number of nitrogens with zero attached hydrogens (tertiary/aromatic N) is 2. The van der Waals surface area contributed by atoms with Gasteiger partial charge in [0.05, 0.1) is 18.9 Å². The van der Waals surface area contributed by atoms with Crippen molar-refractivity contribution in [3.63, 3.8) is 0 Å². The zero-order chi connectivity index (χ0) is 22.6. The Labute approximate surface area is 192 Å². The highest BCUT2D eigenvalue weighted by atomic mass is 35.5. The van der Waals surface area contributed by atoms with E-state index in [2.05, 4.69) is 4.90 Å². The lowest BCUT2D eigenvalue weighted by molar-refractivity contribution is -0.163. The van der Waals surface area contributed by atoms with E-state index in [9.17, 15) is 14.4 Å². The molecule has 0 aromatic heterocycles. The van der Waals surface area contributed by atoms with Crippen molar-refractivity contribution in [3.8, 4) is 11.1 Å². The van der Waals surface area contributed by atoms with Crippen LogP contribution in [0.1, 0.15) is 30.9 Å². The van der Waals surface area contributed by atoms with Gasteiger partial charge in [0.1, 0.15) is 5.54 Å². The van der Waals surface area contributed by atoms with E-state index in [1.165, 1.54) is 19.1 Å². The van der Waals surface area contributed by atoms with Gasteiger partial charge >= 0.3 is 5.97 Å². The molecule has 0 aliphatic carbocycles. The number of halogens is 1. The van der Waals surface area contributed by atoms with Crippen LogP contribution >= 0.6 is 11.6 Å². The van der Waals surface area contributed by atoms with Gasteiger partial charge in [-0.25, -0.2) is 0 Å². The molecule has 7 heteroatoms. The number of piperidine rings is 1. The first-order valence-corrected chi connectivity index (χ1v) is 11.3. The SMILES string of the molecule is COC(=O)[C@@]12CCCCN1[C@H](c1ccc(-c3cccc(Cl)c3)cc1)[C@H]1C(=O)N(C)C(=O)[C@H]12. The normalized spacial score (nSPS) is 29.7. The van der Waals surface area contributed by atoms with E-state index in [1.54, 1.807) is 0 Å². The molecule has 3 saturated heterocycles. The van der Waals surface area contributed by atoms with Crippen molar-refractivity contribution in [2.24, 2.45) is 11.8 Å². The van der Waals surface area contributed by atoms with Crippen LogP contribution in [-0.2, 0) is 19.1 Å². The third-order valence-electron chi connectivity index (χ3n) is 7.43. The van der Waals surface area contributed by atoms with E-state index < -0.39 is 23.3 Å². The average molecular weight is 453 g/mol. The van der Waals surface area contributed by atoms with E-state index in [0.29, 0.717) is 18.0 Å². The number of hydrogen-bond donors (Lipinski definition) is 0. The molecule has 0 saturated carbocycles. The Kier molecular flexibility index (Phi) is 5.10. The number of rotatable bonds is 3. The first-order chi connectivity index (χ1) is 15.4. The molecule has 6 nitrogen and oxygen atoms in total. The lowest BCUT2D eigenvalue weighted by Gasteiger charge is -2.44. The molecule has 3 aliphatic heterocycles. The molecule has 0 radical (unpaired) electrons. The minimum atomic E-state index is -1.09. The van der Waals surface area contributed by atoms with E-state index >= 15 is 0 Å². The van der Waals surface area contributed by atoms with Crippen LogP contribution in [-0.4, -0.2) is 53.8 Å². The van der Waals surface area contributed by atoms with Gasteiger partial charge in [-0.3, -0.25) is 24.2 Å². The predicted octanol–water partition coefficient (Wildman–Crippen LogP) is 3.69. The molecule has 0 unspecified atom stereocenters. The topological polar surface area (TPSA) is 66.9 Å². The minimum Gasteiger partial charge on any atom is -0.468 e. The van der Waals surface area contributed by atoms with Gasteiger partial charge in [0.25, 0.3) is 0 Å². The van der Waals surface area contributed by atoms with Crippen LogP contribution in [0.4, 0.5) is 0 Å². The maximum atomic E-state index is 13.2. The third kappa shape index (κ3) is 2.86. The van der Waals surface area contributed by atoms with Gasteiger partial charge in [-0.05, 0) is 54.6 Å². The van der Waals surface area contributed by atoms with Crippen molar-refractivity contribution >= 4 is 29.4 Å². The molecule has 0 spiro atoms. The number of amides is 2. The second kappa shape index (κ2) is 7.71. The van der Waals surface area contributed by atoms with Gasteiger partial charge in [-0.15, -0.1) is 0 Å². The van der Waals surface area contributed by atoms with Crippen LogP contribution < -0.4 is 0 Å². The number of carbonyl (C=O) groups excluding carboxylic acids is 3. The largest absolute Gasteiger partial charge is 0.468 e. The Hall–Kier alpha value is -2.70. The molecule has 32 heavy (non-hydrogen) atoms. The van der Waals surface area contributed by atoms with Crippen molar-refractivity contribution in [1.82, 2.24) is 9.80 Å². The fourth-order valence-electron chi connectivity index (χ4n) is 6.04. The number of benzene rings is 2. The minimum absolute atomic E-state index is 0.221. The zero-order valence-electron chi connectivity index (χ0n) is 18.1. The number of fused-ring (bicyclic) bond motifs is 3. The summed E-state index contributed by atoms with van der Waals surface area (Å²) >= 11 is 6.14. The summed E-state index contributed by atoms with van der Waals surface area (Å²) in [4.78, 5) is 42.8. The molecule has 0 N–H and O–H groups in total. The summed E-state index contributed by atoms with van der Waals surface area (Å²) in [6.45, 7) is 0.646. The molecular formula is C25H25ClN2O4. The monoisotopic (exact) mass is 452 g/mol. The Balaban J connectivity index is 1.61. The summed E-state index contributed by atoms with van der Waals surface area (Å²) < 4.78 is 5.22. The zero-order valence-corrected chi connectivity index (χ0v) is 18.8. The average Bonchev–Trinajstić information content (AvgIpc) is 3.25. The van der Waals surface area contributed by atoms with Gasteiger partial charge in [0.2, 0.25) is 11.8 Å². The molecule has 3 heterocycles. The number of esters is 1. The molecule has 2 amide bonds. The number of likely N-dealkylation sites (tertiary alicyclic amines) is 1. The molecule has 2 aromatic carbocycles.